The van der Waals surface area contributed by atoms with Crippen molar-refractivity contribution in [2.24, 2.45) is 0 Å². The highest BCUT2D eigenvalue weighted by atomic mass is 35.5. The molecule has 0 aliphatic carbocycles. The second-order valence-electron chi connectivity index (χ2n) is 4.29. The number of hydrogen-bond donors (Lipinski definition) is 2. The molecule has 7 heteroatoms. The molecule has 0 fully saturated rings. The molecule has 1 aromatic carbocycles. The summed E-state index contributed by atoms with van der Waals surface area (Å²) in [6, 6.07) is 10.3. The Hall–Kier alpha value is -2.60. The standard InChI is InChI=1S/C15H14ClN3O3/c1-22-15-12(7-4-8-17-15)19-14(21)13(20)18-9-10-5-2-3-6-11(10)16/h2-8H,9H2,1H3,(H,18,20)(H,19,21). The zero-order chi connectivity index (χ0) is 15.9. The molecule has 6 nitrogen and oxygen atoms in total. The molecule has 1 heterocycles. The van der Waals surface area contributed by atoms with E-state index in [2.05, 4.69) is 15.6 Å². The summed E-state index contributed by atoms with van der Waals surface area (Å²) in [5.41, 5.74) is 1.05. The van der Waals surface area contributed by atoms with Gasteiger partial charge in [-0.2, -0.15) is 0 Å². The SMILES string of the molecule is COc1ncccc1NC(=O)C(=O)NCc1ccccc1Cl. The van der Waals surface area contributed by atoms with Gasteiger partial charge in [0.05, 0.1) is 7.11 Å². The number of rotatable bonds is 4. The van der Waals surface area contributed by atoms with Crippen molar-refractivity contribution in [3.63, 3.8) is 0 Å². The van der Waals surface area contributed by atoms with Gasteiger partial charge in [-0.05, 0) is 23.8 Å². The Morgan fingerprint density at radius 2 is 1.95 bits per heavy atom. The predicted molar refractivity (Wildman–Crippen MR) is 82.7 cm³/mol. The molecule has 0 saturated carbocycles. The van der Waals surface area contributed by atoms with E-state index in [1.165, 1.54) is 13.3 Å². The van der Waals surface area contributed by atoms with E-state index < -0.39 is 11.8 Å². The summed E-state index contributed by atoms with van der Waals surface area (Å²) in [5, 5.41) is 5.47. The van der Waals surface area contributed by atoms with E-state index in [0.29, 0.717) is 10.7 Å². The minimum atomic E-state index is -0.807. The Bertz CT molecular complexity index is 691. The lowest BCUT2D eigenvalue weighted by Crippen LogP contribution is -2.35. The van der Waals surface area contributed by atoms with E-state index in [-0.39, 0.29) is 12.4 Å². The van der Waals surface area contributed by atoms with E-state index in [0.717, 1.165) is 5.56 Å². The fourth-order valence-corrected chi connectivity index (χ4v) is 1.93. The largest absolute Gasteiger partial charge is 0.480 e. The second kappa shape index (κ2) is 7.42. The molecule has 0 aliphatic rings. The zero-order valence-electron chi connectivity index (χ0n) is 11.8. The predicted octanol–water partition coefficient (Wildman–Crippen LogP) is 2.00. The highest BCUT2D eigenvalue weighted by Gasteiger charge is 2.16. The first-order valence-electron chi connectivity index (χ1n) is 6.43. The number of benzene rings is 1. The maximum atomic E-state index is 11.8. The van der Waals surface area contributed by atoms with Crippen LogP contribution in [0.5, 0.6) is 5.88 Å². The van der Waals surface area contributed by atoms with Crippen molar-refractivity contribution < 1.29 is 14.3 Å². The van der Waals surface area contributed by atoms with Crippen LogP contribution >= 0.6 is 11.6 Å². The van der Waals surface area contributed by atoms with Crippen molar-refractivity contribution in [1.82, 2.24) is 10.3 Å². The molecule has 0 radical (unpaired) electrons. The van der Waals surface area contributed by atoms with Crippen molar-refractivity contribution >= 4 is 29.1 Å². The number of pyridine rings is 1. The molecule has 2 rings (SSSR count). The van der Waals surface area contributed by atoms with Gasteiger partial charge in [0.2, 0.25) is 5.88 Å². The number of halogens is 1. The lowest BCUT2D eigenvalue weighted by atomic mass is 10.2. The van der Waals surface area contributed by atoms with Gasteiger partial charge in [0.25, 0.3) is 0 Å². The van der Waals surface area contributed by atoms with E-state index in [1.807, 2.05) is 0 Å². The Balaban J connectivity index is 1.95. The third kappa shape index (κ3) is 3.95. The summed E-state index contributed by atoms with van der Waals surface area (Å²) in [6.45, 7) is 0.163. The van der Waals surface area contributed by atoms with Crippen molar-refractivity contribution in [2.75, 3.05) is 12.4 Å². The molecule has 22 heavy (non-hydrogen) atoms. The number of ether oxygens (including phenoxy) is 1. The first-order chi connectivity index (χ1) is 10.6. The normalized spacial score (nSPS) is 9.91. The van der Waals surface area contributed by atoms with Crippen LogP contribution in [0.15, 0.2) is 42.6 Å². The number of aromatic nitrogens is 1. The van der Waals surface area contributed by atoms with Gasteiger partial charge in [-0.1, -0.05) is 29.8 Å². The molecule has 2 N–H and O–H groups in total. The average molecular weight is 320 g/mol. The number of amides is 2. The third-order valence-corrected chi connectivity index (χ3v) is 3.18. The van der Waals surface area contributed by atoms with Crippen LogP contribution < -0.4 is 15.4 Å². The fraction of sp³-hybridized carbons (Fsp3) is 0.133. The minimum Gasteiger partial charge on any atom is -0.480 e. The van der Waals surface area contributed by atoms with Gasteiger partial charge in [0.1, 0.15) is 5.69 Å². The smallest absolute Gasteiger partial charge is 0.313 e. The van der Waals surface area contributed by atoms with Gasteiger partial charge >= 0.3 is 11.8 Å². The molecular weight excluding hydrogens is 306 g/mol. The molecule has 0 bridgehead atoms. The summed E-state index contributed by atoms with van der Waals surface area (Å²) in [6.07, 6.45) is 1.52. The summed E-state index contributed by atoms with van der Waals surface area (Å²) in [4.78, 5) is 27.6. The lowest BCUT2D eigenvalue weighted by molar-refractivity contribution is -0.136. The first-order valence-corrected chi connectivity index (χ1v) is 6.81. The number of nitrogens with zero attached hydrogens (tertiary/aromatic N) is 1. The van der Waals surface area contributed by atoms with Crippen LogP contribution in [0.25, 0.3) is 0 Å². The van der Waals surface area contributed by atoms with Gasteiger partial charge in [0, 0.05) is 17.8 Å². The molecule has 0 aliphatic heterocycles. The summed E-state index contributed by atoms with van der Waals surface area (Å²) in [7, 11) is 1.43. The van der Waals surface area contributed by atoms with E-state index in [9.17, 15) is 9.59 Å². The van der Waals surface area contributed by atoms with Gasteiger partial charge in [-0.15, -0.1) is 0 Å². The first kappa shape index (κ1) is 15.8. The quantitative estimate of drug-likeness (QED) is 0.845. The maximum absolute atomic E-state index is 11.8. The molecule has 114 valence electrons. The summed E-state index contributed by atoms with van der Waals surface area (Å²) in [5.74, 6) is -1.35. The summed E-state index contributed by atoms with van der Waals surface area (Å²) >= 11 is 5.98. The zero-order valence-corrected chi connectivity index (χ0v) is 12.6. The molecule has 1 aromatic heterocycles. The molecule has 2 amide bonds. The highest BCUT2D eigenvalue weighted by molar-refractivity contribution is 6.39. The lowest BCUT2D eigenvalue weighted by Gasteiger charge is -2.09. The molecule has 0 spiro atoms. The van der Waals surface area contributed by atoms with Crippen molar-refractivity contribution in [3.05, 3.63) is 53.2 Å². The van der Waals surface area contributed by atoms with Gasteiger partial charge < -0.3 is 15.4 Å². The maximum Gasteiger partial charge on any atom is 0.313 e. The monoisotopic (exact) mass is 319 g/mol. The Labute approximate surface area is 132 Å². The average Bonchev–Trinajstić information content (AvgIpc) is 2.54. The number of hydrogen-bond acceptors (Lipinski definition) is 4. The number of anilines is 1. The van der Waals surface area contributed by atoms with Crippen LogP contribution in [-0.2, 0) is 16.1 Å². The molecule has 0 atom stereocenters. The highest BCUT2D eigenvalue weighted by Crippen LogP contribution is 2.19. The Kier molecular flexibility index (Phi) is 5.32. The van der Waals surface area contributed by atoms with Crippen molar-refractivity contribution in [3.8, 4) is 5.88 Å². The van der Waals surface area contributed by atoms with Gasteiger partial charge in [0.15, 0.2) is 0 Å². The topological polar surface area (TPSA) is 80.3 Å². The van der Waals surface area contributed by atoms with E-state index in [4.69, 9.17) is 16.3 Å². The molecule has 0 unspecified atom stereocenters. The fourth-order valence-electron chi connectivity index (χ4n) is 1.73. The molecular formula is C15H14ClN3O3. The Morgan fingerprint density at radius 3 is 2.68 bits per heavy atom. The van der Waals surface area contributed by atoms with E-state index in [1.54, 1.807) is 36.4 Å². The van der Waals surface area contributed by atoms with Crippen molar-refractivity contribution in [2.45, 2.75) is 6.54 Å². The number of methoxy groups -OCH3 is 1. The number of carbonyl (C=O) groups is 2. The summed E-state index contributed by atoms with van der Waals surface area (Å²) < 4.78 is 5.00. The van der Waals surface area contributed by atoms with Crippen LogP contribution in [0, 0.1) is 0 Å². The second-order valence-corrected chi connectivity index (χ2v) is 4.70. The molecule has 0 saturated heterocycles. The van der Waals surface area contributed by atoms with Gasteiger partial charge in [-0.25, -0.2) is 4.98 Å². The minimum absolute atomic E-state index is 0.163. The third-order valence-electron chi connectivity index (χ3n) is 2.82. The number of carbonyl (C=O) groups excluding carboxylic acids is 2. The van der Waals surface area contributed by atoms with Crippen LogP contribution in [0.2, 0.25) is 5.02 Å². The van der Waals surface area contributed by atoms with Crippen LogP contribution in [0.4, 0.5) is 5.69 Å². The Morgan fingerprint density at radius 1 is 1.18 bits per heavy atom. The molecule has 2 aromatic rings. The number of nitrogens with one attached hydrogen (secondary N) is 2. The van der Waals surface area contributed by atoms with Gasteiger partial charge in [-0.3, -0.25) is 9.59 Å². The van der Waals surface area contributed by atoms with Crippen LogP contribution in [0.3, 0.4) is 0 Å². The van der Waals surface area contributed by atoms with E-state index >= 15 is 0 Å². The van der Waals surface area contributed by atoms with Crippen LogP contribution in [-0.4, -0.2) is 23.9 Å². The van der Waals surface area contributed by atoms with Crippen LogP contribution in [0.1, 0.15) is 5.56 Å². The van der Waals surface area contributed by atoms with Crippen molar-refractivity contribution in [1.29, 1.82) is 0 Å².